The quantitative estimate of drug-likeness (QED) is 0.683. The van der Waals surface area contributed by atoms with Crippen molar-refractivity contribution in [2.75, 3.05) is 39.7 Å². The molecule has 0 fully saturated rings. The molecule has 2 N–H and O–H groups in total. The summed E-state index contributed by atoms with van der Waals surface area (Å²) in [6.45, 7) is 3.22. The van der Waals surface area contributed by atoms with Crippen molar-refractivity contribution < 1.29 is 19.0 Å². The Hall–Kier alpha value is -1.95. The molecule has 0 aliphatic rings. The van der Waals surface area contributed by atoms with Gasteiger partial charge in [-0.1, -0.05) is 13.3 Å². The second-order valence-corrected chi connectivity index (χ2v) is 4.49. The minimum Gasteiger partial charge on any atom is -0.493 e. The molecule has 0 bridgehead atoms. The van der Waals surface area contributed by atoms with Gasteiger partial charge in [0.15, 0.2) is 11.5 Å². The summed E-state index contributed by atoms with van der Waals surface area (Å²) >= 11 is 0. The maximum absolute atomic E-state index is 11.8. The average molecular weight is 296 g/mol. The van der Waals surface area contributed by atoms with Crippen LogP contribution in [0, 0.1) is 0 Å². The Morgan fingerprint density at radius 3 is 2.19 bits per heavy atom. The van der Waals surface area contributed by atoms with Gasteiger partial charge in [0, 0.05) is 17.8 Å². The van der Waals surface area contributed by atoms with Gasteiger partial charge in [0.25, 0.3) is 0 Å². The van der Waals surface area contributed by atoms with Crippen molar-refractivity contribution in [2.45, 2.75) is 19.8 Å². The van der Waals surface area contributed by atoms with Crippen molar-refractivity contribution in [3.63, 3.8) is 0 Å². The number of unbranched alkanes of at least 4 members (excludes halogenated alkanes) is 1. The molecule has 1 amide bonds. The van der Waals surface area contributed by atoms with E-state index in [9.17, 15) is 4.79 Å². The monoisotopic (exact) mass is 296 g/mol. The molecule has 0 aromatic heterocycles. The molecule has 0 heterocycles. The Morgan fingerprint density at radius 2 is 1.71 bits per heavy atom. The second-order valence-electron chi connectivity index (χ2n) is 4.49. The van der Waals surface area contributed by atoms with E-state index in [0.29, 0.717) is 22.9 Å². The number of hydrogen-bond donors (Lipinski definition) is 2. The molecule has 118 valence electrons. The fourth-order valence-corrected chi connectivity index (χ4v) is 1.86. The molecule has 21 heavy (non-hydrogen) atoms. The van der Waals surface area contributed by atoms with Crippen LogP contribution in [0.4, 0.5) is 5.69 Å². The molecule has 0 atom stereocenters. The smallest absolute Gasteiger partial charge is 0.238 e. The Kier molecular flexibility index (Phi) is 7.39. The number of hydrogen-bond acceptors (Lipinski definition) is 5. The van der Waals surface area contributed by atoms with Crippen molar-refractivity contribution in [3.8, 4) is 17.2 Å². The third kappa shape index (κ3) is 5.15. The van der Waals surface area contributed by atoms with Gasteiger partial charge in [0.05, 0.1) is 27.9 Å². The number of nitrogens with one attached hydrogen (secondary N) is 2. The summed E-state index contributed by atoms with van der Waals surface area (Å²) < 4.78 is 15.7. The summed E-state index contributed by atoms with van der Waals surface area (Å²) in [4.78, 5) is 11.8. The predicted octanol–water partition coefficient (Wildman–Crippen LogP) is 2.04. The van der Waals surface area contributed by atoms with E-state index in [2.05, 4.69) is 17.6 Å². The average Bonchev–Trinajstić information content (AvgIpc) is 2.50. The molecule has 0 saturated carbocycles. The van der Waals surface area contributed by atoms with Crippen molar-refractivity contribution in [3.05, 3.63) is 12.1 Å². The van der Waals surface area contributed by atoms with Gasteiger partial charge in [-0.15, -0.1) is 0 Å². The highest BCUT2D eigenvalue weighted by Crippen LogP contribution is 2.39. The number of anilines is 1. The Morgan fingerprint density at radius 1 is 1.10 bits per heavy atom. The molecular formula is C15H24N2O4. The van der Waals surface area contributed by atoms with Crippen LogP contribution in [-0.2, 0) is 4.79 Å². The summed E-state index contributed by atoms with van der Waals surface area (Å²) in [7, 11) is 4.61. The Bertz CT molecular complexity index is 438. The Labute approximate surface area is 125 Å². The van der Waals surface area contributed by atoms with E-state index in [0.717, 1.165) is 19.4 Å². The maximum atomic E-state index is 11.8. The third-order valence-electron chi connectivity index (χ3n) is 2.94. The van der Waals surface area contributed by atoms with Crippen molar-refractivity contribution in [2.24, 2.45) is 0 Å². The van der Waals surface area contributed by atoms with Gasteiger partial charge in [-0.25, -0.2) is 0 Å². The van der Waals surface area contributed by atoms with Crippen LogP contribution in [0.2, 0.25) is 0 Å². The summed E-state index contributed by atoms with van der Waals surface area (Å²) in [5, 5.41) is 5.89. The van der Waals surface area contributed by atoms with Crippen LogP contribution >= 0.6 is 0 Å². The lowest BCUT2D eigenvalue weighted by Crippen LogP contribution is -2.28. The third-order valence-corrected chi connectivity index (χ3v) is 2.94. The summed E-state index contributed by atoms with van der Waals surface area (Å²) in [6, 6.07) is 3.40. The van der Waals surface area contributed by atoms with Gasteiger partial charge in [-0.05, 0) is 13.0 Å². The lowest BCUT2D eigenvalue weighted by molar-refractivity contribution is -0.115. The number of methoxy groups -OCH3 is 3. The first-order chi connectivity index (χ1) is 10.2. The van der Waals surface area contributed by atoms with E-state index in [1.165, 1.54) is 21.3 Å². The molecular weight excluding hydrogens is 272 g/mol. The predicted molar refractivity (Wildman–Crippen MR) is 82.5 cm³/mol. The zero-order valence-electron chi connectivity index (χ0n) is 13.1. The first kappa shape index (κ1) is 17.1. The minimum atomic E-state index is -0.111. The fraction of sp³-hybridized carbons (Fsp3) is 0.533. The molecule has 0 aliphatic carbocycles. The largest absolute Gasteiger partial charge is 0.493 e. The van der Waals surface area contributed by atoms with Crippen LogP contribution < -0.4 is 24.8 Å². The Balaban J connectivity index is 2.72. The molecule has 0 saturated heterocycles. The summed E-state index contributed by atoms with van der Waals surface area (Å²) in [5.41, 5.74) is 0.604. The number of ether oxygens (including phenoxy) is 3. The van der Waals surface area contributed by atoms with Gasteiger partial charge < -0.3 is 24.8 Å². The fourth-order valence-electron chi connectivity index (χ4n) is 1.86. The highest BCUT2D eigenvalue weighted by atomic mass is 16.5. The first-order valence-electron chi connectivity index (χ1n) is 6.96. The maximum Gasteiger partial charge on any atom is 0.238 e. The molecule has 0 radical (unpaired) electrons. The van der Waals surface area contributed by atoms with Gasteiger partial charge in [-0.3, -0.25) is 4.79 Å². The van der Waals surface area contributed by atoms with Gasteiger partial charge in [0.2, 0.25) is 11.7 Å². The summed E-state index contributed by atoms with van der Waals surface area (Å²) in [5.74, 6) is 1.40. The van der Waals surface area contributed by atoms with Gasteiger partial charge >= 0.3 is 0 Å². The normalized spacial score (nSPS) is 10.1. The number of benzene rings is 1. The van der Waals surface area contributed by atoms with E-state index in [-0.39, 0.29) is 12.5 Å². The lowest BCUT2D eigenvalue weighted by atomic mass is 10.2. The standard InChI is InChI=1S/C15H24N2O4/c1-5-6-7-16-10-14(18)17-11-8-12(19-2)15(21-4)13(9-11)20-3/h8-9,16H,5-7,10H2,1-4H3,(H,17,18). The van der Waals surface area contributed by atoms with E-state index in [1.807, 2.05) is 0 Å². The van der Waals surface area contributed by atoms with Crippen molar-refractivity contribution >= 4 is 11.6 Å². The van der Waals surface area contributed by atoms with Gasteiger partial charge in [0.1, 0.15) is 0 Å². The molecule has 6 heteroatoms. The van der Waals surface area contributed by atoms with Crippen LogP contribution in [0.15, 0.2) is 12.1 Å². The van der Waals surface area contributed by atoms with E-state index < -0.39 is 0 Å². The van der Waals surface area contributed by atoms with Crippen LogP contribution in [-0.4, -0.2) is 40.3 Å². The molecule has 1 aromatic carbocycles. The lowest BCUT2D eigenvalue weighted by Gasteiger charge is -2.14. The van der Waals surface area contributed by atoms with Gasteiger partial charge in [-0.2, -0.15) is 0 Å². The van der Waals surface area contributed by atoms with Crippen LogP contribution in [0.3, 0.4) is 0 Å². The first-order valence-corrected chi connectivity index (χ1v) is 6.96. The van der Waals surface area contributed by atoms with E-state index >= 15 is 0 Å². The number of carbonyl (C=O) groups is 1. The summed E-state index contributed by atoms with van der Waals surface area (Å²) in [6.07, 6.45) is 2.15. The highest BCUT2D eigenvalue weighted by molar-refractivity contribution is 5.93. The van der Waals surface area contributed by atoms with E-state index in [1.54, 1.807) is 12.1 Å². The SMILES string of the molecule is CCCCNCC(=O)Nc1cc(OC)c(OC)c(OC)c1. The van der Waals surface area contributed by atoms with Crippen molar-refractivity contribution in [1.82, 2.24) is 5.32 Å². The highest BCUT2D eigenvalue weighted by Gasteiger charge is 2.14. The zero-order chi connectivity index (χ0) is 15.7. The molecule has 0 spiro atoms. The molecule has 6 nitrogen and oxygen atoms in total. The molecule has 0 aliphatic heterocycles. The molecule has 0 unspecified atom stereocenters. The number of carbonyl (C=O) groups excluding carboxylic acids is 1. The molecule has 1 rings (SSSR count). The zero-order valence-corrected chi connectivity index (χ0v) is 13.1. The second kappa shape index (κ2) is 9.07. The minimum absolute atomic E-state index is 0.111. The number of amides is 1. The topological polar surface area (TPSA) is 68.8 Å². The van der Waals surface area contributed by atoms with Crippen LogP contribution in [0.5, 0.6) is 17.2 Å². The van der Waals surface area contributed by atoms with Crippen LogP contribution in [0.1, 0.15) is 19.8 Å². The van der Waals surface area contributed by atoms with Crippen LogP contribution in [0.25, 0.3) is 0 Å². The number of rotatable bonds is 9. The van der Waals surface area contributed by atoms with Crippen molar-refractivity contribution in [1.29, 1.82) is 0 Å². The molecule has 1 aromatic rings. The van der Waals surface area contributed by atoms with E-state index in [4.69, 9.17) is 14.2 Å².